The van der Waals surface area contributed by atoms with E-state index < -0.39 is 23.3 Å². The van der Waals surface area contributed by atoms with Gasteiger partial charge < -0.3 is 10.4 Å². The van der Waals surface area contributed by atoms with Gasteiger partial charge in [-0.05, 0) is 24.1 Å². The number of hydrogen-bond donors (Lipinski definition) is 2. The van der Waals surface area contributed by atoms with Crippen LogP contribution in [0.15, 0.2) is 18.2 Å². The van der Waals surface area contributed by atoms with Crippen LogP contribution < -0.4 is 5.32 Å². The molecule has 1 unspecified atom stereocenters. The van der Waals surface area contributed by atoms with Gasteiger partial charge in [-0.2, -0.15) is 18.4 Å². The number of anilines is 1. The fourth-order valence-electron chi connectivity index (χ4n) is 1.65. The Morgan fingerprint density at radius 2 is 2.15 bits per heavy atom. The lowest BCUT2D eigenvalue weighted by molar-refractivity contribution is -0.138. The summed E-state index contributed by atoms with van der Waals surface area (Å²) in [5.41, 5.74) is -1.24. The summed E-state index contributed by atoms with van der Waals surface area (Å²) in [5, 5.41) is 20.0. The molecule has 0 aromatic heterocycles. The number of carboxylic acids is 1. The first kappa shape index (κ1) is 15.8. The molecule has 0 bridgehead atoms. The molecule has 0 radical (unpaired) electrons. The molecule has 0 aliphatic carbocycles. The first-order valence-corrected chi connectivity index (χ1v) is 5.81. The van der Waals surface area contributed by atoms with E-state index >= 15 is 0 Å². The van der Waals surface area contributed by atoms with Crippen molar-refractivity contribution in [2.45, 2.75) is 19.5 Å². The average Bonchev–Trinajstić information content (AvgIpc) is 2.34. The van der Waals surface area contributed by atoms with Crippen molar-refractivity contribution >= 4 is 11.7 Å². The third kappa shape index (κ3) is 4.46. The van der Waals surface area contributed by atoms with E-state index in [9.17, 15) is 18.0 Å². The normalized spacial score (nSPS) is 12.6. The monoisotopic (exact) mass is 286 g/mol. The Kier molecular flexibility index (Phi) is 4.97. The van der Waals surface area contributed by atoms with Crippen molar-refractivity contribution in [3.63, 3.8) is 0 Å². The van der Waals surface area contributed by atoms with Crippen LogP contribution in [-0.2, 0) is 11.0 Å². The number of nitrogens with zero attached hydrogens (tertiary/aromatic N) is 1. The molecular formula is C13H13F3N2O2. The van der Waals surface area contributed by atoms with Gasteiger partial charge in [-0.25, -0.2) is 0 Å². The minimum atomic E-state index is -4.60. The lowest BCUT2D eigenvalue weighted by Gasteiger charge is -2.14. The first-order valence-electron chi connectivity index (χ1n) is 5.81. The van der Waals surface area contributed by atoms with Crippen molar-refractivity contribution in [2.75, 3.05) is 11.9 Å². The van der Waals surface area contributed by atoms with Gasteiger partial charge in [-0.1, -0.05) is 6.92 Å². The van der Waals surface area contributed by atoms with Crippen molar-refractivity contribution in [2.24, 2.45) is 5.92 Å². The van der Waals surface area contributed by atoms with Crippen LogP contribution in [0.4, 0.5) is 18.9 Å². The Balaban J connectivity index is 2.83. The van der Waals surface area contributed by atoms with Crippen LogP contribution in [0.1, 0.15) is 24.5 Å². The van der Waals surface area contributed by atoms with Gasteiger partial charge in [-0.15, -0.1) is 0 Å². The van der Waals surface area contributed by atoms with Crippen molar-refractivity contribution < 1.29 is 23.1 Å². The number of nitriles is 1. The summed E-state index contributed by atoms with van der Waals surface area (Å²) in [6.07, 6.45) is -4.68. The van der Waals surface area contributed by atoms with Crippen molar-refractivity contribution in [3.05, 3.63) is 29.3 Å². The molecule has 20 heavy (non-hydrogen) atoms. The van der Waals surface area contributed by atoms with Crippen LogP contribution in [0.25, 0.3) is 0 Å². The predicted octanol–water partition coefficient (Wildman–Crippen LogP) is 3.10. The van der Waals surface area contributed by atoms with Gasteiger partial charge in [0.15, 0.2) is 0 Å². The second kappa shape index (κ2) is 6.28. The molecule has 0 aliphatic rings. The quantitative estimate of drug-likeness (QED) is 0.872. The van der Waals surface area contributed by atoms with Crippen LogP contribution in [-0.4, -0.2) is 17.6 Å². The average molecular weight is 286 g/mol. The summed E-state index contributed by atoms with van der Waals surface area (Å²) in [6.45, 7) is 1.91. The zero-order valence-electron chi connectivity index (χ0n) is 10.7. The molecule has 0 heterocycles. The maximum absolute atomic E-state index is 12.7. The first-order chi connectivity index (χ1) is 9.24. The van der Waals surface area contributed by atoms with Crippen LogP contribution in [0.5, 0.6) is 0 Å². The van der Waals surface area contributed by atoms with E-state index in [1.54, 1.807) is 6.92 Å². The zero-order chi connectivity index (χ0) is 15.3. The van der Waals surface area contributed by atoms with Gasteiger partial charge >= 0.3 is 12.1 Å². The highest BCUT2D eigenvalue weighted by atomic mass is 19.4. The Morgan fingerprint density at radius 3 is 2.65 bits per heavy atom. The number of carboxylic acid groups (broad SMARTS) is 1. The fraction of sp³-hybridized carbons (Fsp3) is 0.385. The van der Waals surface area contributed by atoms with Crippen LogP contribution in [0.2, 0.25) is 0 Å². The van der Waals surface area contributed by atoms with E-state index in [2.05, 4.69) is 5.32 Å². The smallest absolute Gasteiger partial charge is 0.417 e. The summed E-state index contributed by atoms with van der Waals surface area (Å²) in [6, 6.07) is 4.80. The van der Waals surface area contributed by atoms with Crippen LogP contribution in [0, 0.1) is 17.2 Å². The molecule has 1 aromatic rings. The number of aliphatic carboxylic acids is 1. The molecule has 108 valence electrons. The zero-order valence-corrected chi connectivity index (χ0v) is 10.7. The molecule has 0 amide bonds. The molecule has 1 atom stereocenters. The number of hydrogen-bond acceptors (Lipinski definition) is 3. The van der Waals surface area contributed by atoms with E-state index in [1.807, 2.05) is 0 Å². The molecule has 2 N–H and O–H groups in total. The fourth-order valence-corrected chi connectivity index (χ4v) is 1.65. The number of rotatable bonds is 5. The molecule has 0 fully saturated rings. The Bertz CT molecular complexity index is 535. The molecule has 0 saturated carbocycles. The van der Waals surface area contributed by atoms with Crippen molar-refractivity contribution in [1.82, 2.24) is 0 Å². The van der Waals surface area contributed by atoms with E-state index in [0.717, 1.165) is 12.1 Å². The maximum Gasteiger partial charge on any atom is 0.417 e. The third-order valence-electron chi connectivity index (χ3n) is 2.62. The highest BCUT2D eigenvalue weighted by molar-refractivity contribution is 5.67. The van der Waals surface area contributed by atoms with Crippen molar-refractivity contribution in [3.8, 4) is 6.07 Å². The number of nitrogens with one attached hydrogen (secondary N) is 1. The summed E-state index contributed by atoms with van der Waals surface area (Å²) >= 11 is 0. The third-order valence-corrected chi connectivity index (χ3v) is 2.62. The lowest BCUT2D eigenvalue weighted by Crippen LogP contribution is -2.15. The number of alkyl halides is 3. The predicted molar refractivity (Wildman–Crippen MR) is 66.1 cm³/mol. The number of halogens is 3. The summed E-state index contributed by atoms with van der Waals surface area (Å²) in [5.74, 6) is -1.19. The van der Waals surface area contributed by atoms with Gasteiger partial charge in [0.05, 0.1) is 17.2 Å². The van der Waals surface area contributed by atoms with Gasteiger partial charge in [0.1, 0.15) is 0 Å². The molecule has 0 spiro atoms. The van der Waals surface area contributed by atoms with E-state index in [-0.39, 0.29) is 24.6 Å². The lowest BCUT2D eigenvalue weighted by atomic mass is 10.1. The SMILES string of the molecule is CC(CNc1ccc(C#N)c(C(F)(F)F)c1)CC(=O)O. The second-order valence-corrected chi connectivity index (χ2v) is 4.45. The minimum Gasteiger partial charge on any atom is -0.481 e. The van der Waals surface area contributed by atoms with E-state index in [4.69, 9.17) is 10.4 Å². The topological polar surface area (TPSA) is 73.1 Å². The molecule has 7 heteroatoms. The Morgan fingerprint density at radius 1 is 1.50 bits per heavy atom. The summed E-state index contributed by atoms with van der Waals surface area (Å²) < 4.78 is 38.2. The van der Waals surface area contributed by atoms with Gasteiger partial charge in [0.2, 0.25) is 0 Å². The number of benzene rings is 1. The molecule has 1 rings (SSSR count). The van der Waals surface area contributed by atoms with Crippen LogP contribution in [0.3, 0.4) is 0 Å². The Labute approximate surface area is 113 Å². The Hall–Kier alpha value is -2.23. The maximum atomic E-state index is 12.7. The summed E-state index contributed by atoms with van der Waals surface area (Å²) in [7, 11) is 0. The molecule has 4 nitrogen and oxygen atoms in total. The van der Waals surface area contributed by atoms with E-state index in [0.29, 0.717) is 0 Å². The highest BCUT2D eigenvalue weighted by Gasteiger charge is 2.33. The molecule has 1 aromatic carbocycles. The molecule has 0 saturated heterocycles. The van der Waals surface area contributed by atoms with Gasteiger partial charge in [-0.3, -0.25) is 4.79 Å². The second-order valence-electron chi connectivity index (χ2n) is 4.45. The standard InChI is InChI=1S/C13H13F3N2O2/c1-8(4-12(19)20)7-18-10-3-2-9(6-17)11(5-10)13(14,15)16/h2-3,5,8,18H,4,7H2,1H3,(H,19,20). The van der Waals surface area contributed by atoms with E-state index in [1.165, 1.54) is 12.1 Å². The van der Waals surface area contributed by atoms with Crippen molar-refractivity contribution in [1.29, 1.82) is 5.26 Å². The molecule has 0 aliphatic heterocycles. The van der Waals surface area contributed by atoms with Crippen LogP contribution >= 0.6 is 0 Å². The minimum absolute atomic E-state index is 0.0740. The summed E-state index contributed by atoms with van der Waals surface area (Å²) in [4.78, 5) is 10.5. The largest absolute Gasteiger partial charge is 0.481 e. The van der Waals surface area contributed by atoms with Gasteiger partial charge in [0.25, 0.3) is 0 Å². The molecular weight excluding hydrogens is 273 g/mol. The van der Waals surface area contributed by atoms with Gasteiger partial charge in [0, 0.05) is 18.7 Å². The highest BCUT2D eigenvalue weighted by Crippen LogP contribution is 2.33. The number of carbonyl (C=O) groups is 1.